The molecule has 0 aliphatic rings. The zero-order valence-corrected chi connectivity index (χ0v) is 14.2. The van der Waals surface area contributed by atoms with E-state index < -0.39 is 0 Å². The number of hydrogen-bond donors (Lipinski definition) is 1. The van der Waals surface area contributed by atoms with E-state index in [0.717, 1.165) is 12.1 Å². The molecule has 0 saturated carbocycles. The molecular weight excluding hydrogens is 285 g/mol. The van der Waals surface area contributed by atoms with Gasteiger partial charge in [-0.15, -0.1) is 0 Å². The van der Waals surface area contributed by atoms with Crippen LogP contribution in [0.15, 0.2) is 18.2 Å². The van der Waals surface area contributed by atoms with Crippen LogP contribution in [-0.4, -0.2) is 6.54 Å². The molecule has 1 unspecified atom stereocenters. The fraction of sp³-hybridized carbons (Fsp3) is 0.667. The summed E-state index contributed by atoms with van der Waals surface area (Å²) in [6.07, 6.45) is 10.6. The average molecular weight is 314 g/mol. The first-order valence-corrected chi connectivity index (χ1v) is 8.71. The van der Waals surface area contributed by atoms with E-state index in [-0.39, 0.29) is 16.9 Å². The Morgan fingerprint density at radius 2 is 1.67 bits per heavy atom. The van der Waals surface area contributed by atoms with Crippen molar-refractivity contribution in [1.82, 2.24) is 5.32 Å². The third-order valence-electron chi connectivity index (χ3n) is 3.92. The van der Waals surface area contributed by atoms with E-state index >= 15 is 0 Å². The van der Waals surface area contributed by atoms with E-state index in [0.29, 0.717) is 0 Å². The van der Waals surface area contributed by atoms with Crippen LogP contribution in [0.2, 0.25) is 5.02 Å². The Morgan fingerprint density at radius 3 is 2.29 bits per heavy atom. The lowest BCUT2D eigenvalue weighted by atomic mass is 10.1. The van der Waals surface area contributed by atoms with Gasteiger partial charge in [-0.05, 0) is 37.6 Å². The maximum atomic E-state index is 13.1. The smallest absolute Gasteiger partial charge is 0.141 e. The molecular formula is C18H29ClFN. The lowest BCUT2D eigenvalue weighted by Crippen LogP contribution is -2.19. The Labute approximate surface area is 134 Å². The monoisotopic (exact) mass is 313 g/mol. The number of rotatable bonds is 11. The SMILES string of the molecule is CCCCCCCCCCNC(C)c1ccc(F)c(Cl)c1. The normalized spacial score (nSPS) is 12.6. The van der Waals surface area contributed by atoms with E-state index in [2.05, 4.69) is 19.2 Å². The summed E-state index contributed by atoms with van der Waals surface area (Å²) in [5.74, 6) is -0.351. The molecule has 3 heteroatoms. The van der Waals surface area contributed by atoms with E-state index in [1.165, 1.54) is 57.4 Å². The molecule has 0 aliphatic heterocycles. The third kappa shape index (κ3) is 7.82. The number of nitrogens with one attached hydrogen (secondary N) is 1. The van der Waals surface area contributed by atoms with Gasteiger partial charge < -0.3 is 5.32 Å². The second-order valence-electron chi connectivity index (χ2n) is 5.82. The van der Waals surface area contributed by atoms with Crippen LogP contribution < -0.4 is 5.32 Å². The van der Waals surface area contributed by atoms with Gasteiger partial charge >= 0.3 is 0 Å². The van der Waals surface area contributed by atoms with Gasteiger partial charge in [-0.25, -0.2) is 4.39 Å². The Hall–Kier alpha value is -0.600. The Kier molecular flexibility index (Phi) is 9.69. The largest absolute Gasteiger partial charge is 0.310 e. The fourth-order valence-corrected chi connectivity index (χ4v) is 2.67. The quantitative estimate of drug-likeness (QED) is 0.475. The fourth-order valence-electron chi connectivity index (χ4n) is 2.48. The molecule has 1 nitrogen and oxygen atoms in total. The average Bonchev–Trinajstić information content (AvgIpc) is 2.48. The first-order chi connectivity index (χ1) is 10.1. The molecule has 1 aromatic carbocycles. The molecule has 21 heavy (non-hydrogen) atoms. The Morgan fingerprint density at radius 1 is 1.05 bits per heavy atom. The van der Waals surface area contributed by atoms with Gasteiger partial charge in [0.2, 0.25) is 0 Å². The first kappa shape index (κ1) is 18.4. The minimum atomic E-state index is -0.351. The van der Waals surface area contributed by atoms with Crippen molar-refractivity contribution in [2.75, 3.05) is 6.54 Å². The Balaban J connectivity index is 2.08. The predicted molar refractivity (Wildman–Crippen MR) is 90.4 cm³/mol. The zero-order valence-electron chi connectivity index (χ0n) is 13.4. The highest BCUT2D eigenvalue weighted by Gasteiger charge is 2.07. The molecule has 1 N–H and O–H groups in total. The zero-order chi connectivity index (χ0) is 15.5. The minimum Gasteiger partial charge on any atom is -0.310 e. The van der Waals surface area contributed by atoms with Crippen LogP contribution in [0.25, 0.3) is 0 Å². The van der Waals surface area contributed by atoms with Gasteiger partial charge in [0.25, 0.3) is 0 Å². The molecule has 0 fully saturated rings. The number of benzene rings is 1. The molecule has 0 aliphatic carbocycles. The van der Waals surface area contributed by atoms with E-state index in [1.54, 1.807) is 12.1 Å². The molecule has 0 saturated heterocycles. The van der Waals surface area contributed by atoms with Crippen molar-refractivity contribution < 1.29 is 4.39 Å². The maximum Gasteiger partial charge on any atom is 0.141 e. The Bertz CT molecular complexity index is 395. The molecule has 0 spiro atoms. The van der Waals surface area contributed by atoms with Crippen LogP contribution in [0.3, 0.4) is 0 Å². The van der Waals surface area contributed by atoms with Crippen molar-refractivity contribution in [3.8, 4) is 0 Å². The maximum absolute atomic E-state index is 13.1. The van der Waals surface area contributed by atoms with Gasteiger partial charge in [-0.3, -0.25) is 0 Å². The first-order valence-electron chi connectivity index (χ1n) is 8.33. The van der Waals surface area contributed by atoms with Crippen molar-refractivity contribution in [2.45, 2.75) is 71.3 Å². The van der Waals surface area contributed by atoms with Gasteiger partial charge in [-0.2, -0.15) is 0 Å². The standard InChI is InChI=1S/C18H29ClFN/c1-3-4-5-6-7-8-9-10-13-21-15(2)16-11-12-18(20)17(19)14-16/h11-12,14-15,21H,3-10,13H2,1-2H3. The molecule has 0 bridgehead atoms. The summed E-state index contributed by atoms with van der Waals surface area (Å²) in [5, 5.41) is 3.68. The van der Waals surface area contributed by atoms with Gasteiger partial charge in [-0.1, -0.05) is 69.5 Å². The van der Waals surface area contributed by atoms with Crippen LogP contribution in [0, 0.1) is 5.82 Å². The lowest BCUT2D eigenvalue weighted by Gasteiger charge is -2.14. The molecule has 1 atom stereocenters. The van der Waals surface area contributed by atoms with E-state index in [1.807, 2.05) is 0 Å². The molecule has 1 aromatic rings. The van der Waals surface area contributed by atoms with Gasteiger partial charge in [0.1, 0.15) is 5.82 Å². The number of halogens is 2. The van der Waals surface area contributed by atoms with Crippen molar-refractivity contribution in [3.63, 3.8) is 0 Å². The summed E-state index contributed by atoms with van der Waals surface area (Å²) < 4.78 is 13.1. The van der Waals surface area contributed by atoms with E-state index in [9.17, 15) is 4.39 Å². The predicted octanol–water partition coefficient (Wildman–Crippen LogP) is 6.27. The molecule has 1 rings (SSSR count). The second kappa shape index (κ2) is 11.0. The second-order valence-corrected chi connectivity index (χ2v) is 6.23. The summed E-state index contributed by atoms with van der Waals surface area (Å²) in [7, 11) is 0. The minimum absolute atomic E-state index is 0.202. The highest BCUT2D eigenvalue weighted by molar-refractivity contribution is 6.30. The van der Waals surface area contributed by atoms with Crippen molar-refractivity contribution in [1.29, 1.82) is 0 Å². The van der Waals surface area contributed by atoms with E-state index in [4.69, 9.17) is 11.6 Å². The molecule has 0 radical (unpaired) electrons. The molecule has 0 heterocycles. The molecule has 0 amide bonds. The van der Waals surface area contributed by atoms with Gasteiger partial charge in [0.05, 0.1) is 5.02 Å². The summed E-state index contributed by atoms with van der Waals surface area (Å²) in [6.45, 7) is 5.35. The topological polar surface area (TPSA) is 12.0 Å². The summed E-state index contributed by atoms with van der Waals surface area (Å²) in [4.78, 5) is 0. The number of hydrogen-bond acceptors (Lipinski definition) is 1. The molecule has 120 valence electrons. The van der Waals surface area contributed by atoms with Crippen LogP contribution in [-0.2, 0) is 0 Å². The van der Waals surface area contributed by atoms with Crippen LogP contribution in [0.5, 0.6) is 0 Å². The summed E-state index contributed by atoms with van der Waals surface area (Å²) in [6, 6.07) is 5.16. The summed E-state index contributed by atoms with van der Waals surface area (Å²) >= 11 is 5.81. The summed E-state index contributed by atoms with van der Waals surface area (Å²) in [5.41, 5.74) is 1.04. The van der Waals surface area contributed by atoms with Gasteiger partial charge in [0, 0.05) is 6.04 Å². The van der Waals surface area contributed by atoms with Crippen LogP contribution >= 0.6 is 11.6 Å². The highest BCUT2D eigenvalue weighted by atomic mass is 35.5. The molecule has 0 aromatic heterocycles. The highest BCUT2D eigenvalue weighted by Crippen LogP contribution is 2.20. The van der Waals surface area contributed by atoms with Crippen molar-refractivity contribution >= 4 is 11.6 Å². The van der Waals surface area contributed by atoms with Crippen LogP contribution in [0.1, 0.15) is 76.8 Å². The van der Waals surface area contributed by atoms with Crippen LogP contribution in [0.4, 0.5) is 4.39 Å². The van der Waals surface area contributed by atoms with Crippen molar-refractivity contribution in [3.05, 3.63) is 34.6 Å². The third-order valence-corrected chi connectivity index (χ3v) is 4.21. The number of unbranched alkanes of at least 4 members (excludes halogenated alkanes) is 7. The van der Waals surface area contributed by atoms with Gasteiger partial charge in [0.15, 0.2) is 0 Å². The lowest BCUT2D eigenvalue weighted by molar-refractivity contribution is 0.521. The van der Waals surface area contributed by atoms with Crippen molar-refractivity contribution in [2.24, 2.45) is 0 Å².